The number of hydrogen-bond donors (Lipinski definition) is 1. The van der Waals surface area contributed by atoms with Crippen LogP contribution >= 0.6 is 11.3 Å². The van der Waals surface area contributed by atoms with E-state index in [0.29, 0.717) is 10.3 Å². The highest BCUT2D eigenvalue weighted by atomic mass is 32.1. The molecular weight excluding hydrogens is 294 g/mol. The number of benzene rings is 2. The minimum Gasteiger partial charge on any atom is -0.321 e. The lowest BCUT2D eigenvalue weighted by atomic mass is 10.1. The van der Waals surface area contributed by atoms with Crippen LogP contribution in [0.5, 0.6) is 0 Å². The van der Waals surface area contributed by atoms with Crippen LogP contribution in [0, 0.1) is 0 Å². The molecule has 1 heterocycles. The Hall–Kier alpha value is -2.46. The van der Waals surface area contributed by atoms with Gasteiger partial charge in [0.2, 0.25) is 4.74 Å². The summed E-state index contributed by atoms with van der Waals surface area (Å²) in [4.78, 5) is 25.0. The molecule has 0 aliphatic rings. The van der Waals surface area contributed by atoms with Gasteiger partial charge in [-0.25, -0.2) is 0 Å². The second-order valence-electron chi connectivity index (χ2n) is 4.95. The number of nitrogens with one attached hydrogen (secondary N) is 1. The highest BCUT2D eigenvalue weighted by Crippen LogP contribution is 2.19. The number of aryl methyl sites for hydroxylation is 1. The van der Waals surface area contributed by atoms with Gasteiger partial charge in [0.15, 0.2) is 0 Å². The number of fused-ring (bicyclic) bond motifs is 1. The summed E-state index contributed by atoms with van der Waals surface area (Å²) in [6.45, 7) is 2.04. The van der Waals surface area contributed by atoms with E-state index in [4.69, 9.17) is 0 Å². The number of rotatable bonds is 3. The van der Waals surface area contributed by atoms with Gasteiger partial charge in [-0.05, 0) is 35.6 Å². The van der Waals surface area contributed by atoms with Crippen molar-refractivity contribution in [2.45, 2.75) is 13.3 Å². The van der Waals surface area contributed by atoms with E-state index in [1.54, 1.807) is 12.1 Å². The van der Waals surface area contributed by atoms with Crippen LogP contribution in [0.15, 0.2) is 59.4 Å². The summed E-state index contributed by atoms with van der Waals surface area (Å²) >= 11 is 0.980. The smallest absolute Gasteiger partial charge is 0.265 e. The Morgan fingerprint density at radius 2 is 1.82 bits per heavy atom. The van der Waals surface area contributed by atoms with Gasteiger partial charge >= 0.3 is 0 Å². The van der Waals surface area contributed by atoms with Crippen molar-refractivity contribution < 1.29 is 4.79 Å². The maximum Gasteiger partial charge on any atom is 0.265 e. The lowest BCUT2D eigenvalue weighted by molar-refractivity contribution is 0.103. The molecule has 0 bridgehead atoms. The number of para-hydroxylation sites is 1. The van der Waals surface area contributed by atoms with Crippen molar-refractivity contribution >= 4 is 33.7 Å². The molecule has 0 radical (unpaired) electrons. The van der Waals surface area contributed by atoms with E-state index in [2.05, 4.69) is 5.32 Å². The molecule has 3 rings (SSSR count). The monoisotopic (exact) mass is 309 g/mol. The SMILES string of the molecule is CCc1ccccc1NC(=O)c1cc2ccccc2c(=O)s1. The predicted octanol–water partition coefficient (Wildman–Crippen LogP) is 4.08. The molecule has 0 saturated heterocycles. The number of carbonyl (C=O) groups excluding carboxylic acids is 1. The molecule has 1 N–H and O–H groups in total. The summed E-state index contributed by atoms with van der Waals surface area (Å²) < 4.78 is -0.0907. The first-order valence-corrected chi connectivity index (χ1v) is 7.93. The molecule has 3 aromatic rings. The standard InChI is InChI=1S/C18H15NO2S/c1-2-12-7-4-6-10-15(12)19-17(20)16-11-13-8-3-5-9-14(13)18(21)22-16/h3-11H,2H2,1H3,(H,19,20). The first-order valence-electron chi connectivity index (χ1n) is 7.11. The predicted molar refractivity (Wildman–Crippen MR) is 91.9 cm³/mol. The van der Waals surface area contributed by atoms with Crippen LogP contribution in [-0.2, 0) is 6.42 Å². The zero-order valence-corrected chi connectivity index (χ0v) is 12.9. The largest absolute Gasteiger partial charge is 0.321 e. The quantitative estimate of drug-likeness (QED) is 0.792. The summed E-state index contributed by atoms with van der Waals surface area (Å²) in [6.07, 6.45) is 0.838. The summed E-state index contributed by atoms with van der Waals surface area (Å²) in [5.41, 5.74) is 1.87. The van der Waals surface area contributed by atoms with E-state index in [0.717, 1.165) is 34.4 Å². The van der Waals surface area contributed by atoms with Crippen LogP contribution in [0.4, 0.5) is 5.69 Å². The Balaban J connectivity index is 1.97. The molecule has 0 spiro atoms. The first kappa shape index (κ1) is 14.5. The topological polar surface area (TPSA) is 46.2 Å². The lowest BCUT2D eigenvalue weighted by Crippen LogP contribution is -2.14. The van der Waals surface area contributed by atoms with Crippen molar-refractivity contribution in [3.05, 3.63) is 74.6 Å². The van der Waals surface area contributed by atoms with Gasteiger partial charge in [-0.2, -0.15) is 0 Å². The molecular formula is C18H15NO2S. The third-order valence-corrected chi connectivity index (χ3v) is 4.47. The van der Waals surface area contributed by atoms with Crippen LogP contribution in [0.1, 0.15) is 22.2 Å². The molecule has 0 fully saturated rings. The van der Waals surface area contributed by atoms with Crippen LogP contribution in [0.25, 0.3) is 10.8 Å². The molecule has 1 aromatic heterocycles. The average molecular weight is 309 g/mol. The number of carbonyl (C=O) groups is 1. The van der Waals surface area contributed by atoms with Crippen molar-refractivity contribution in [2.24, 2.45) is 0 Å². The Labute approximate surface area is 132 Å². The van der Waals surface area contributed by atoms with E-state index in [9.17, 15) is 9.59 Å². The Morgan fingerprint density at radius 3 is 2.64 bits per heavy atom. The van der Waals surface area contributed by atoms with Gasteiger partial charge in [0.25, 0.3) is 5.91 Å². The molecule has 2 aromatic carbocycles. The van der Waals surface area contributed by atoms with Gasteiger partial charge in [0.1, 0.15) is 0 Å². The molecule has 22 heavy (non-hydrogen) atoms. The van der Waals surface area contributed by atoms with E-state index >= 15 is 0 Å². The average Bonchev–Trinajstić information content (AvgIpc) is 2.55. The highest BCUT2D eigenvalue weighted by Gasteiger charge is 2.11. The minimum absolute atomic E-state index is 0.0907. The zero-order chi connectivity index (χ0) is 15.5. The fourth-order valence-corrected chi connectivity index (χ4v) is 3.21. The zero-order valence-electron chi connectivity index (χ0n) is 12.1. The summed E-state index contributed by atoms with van der Waals surface area (Å²) in [5, 5.41) is 4.35. The lowest BCUT2D eigenvalue weighted by Gasteiger charge is -2.09. The number of anilines is 1. The maximum absolute atomic E-state index is 12.4. The van der Waals surface area contributed by atoms with Gasteiger partial charge in [-0.1, -0.05) is 54.7 Å². The minimum atomic E-state index is -0.242. The molecule has 110 valence electrons. The molecule has 0 aliphatic heterocycles. The van der Waals surface area contributed by atoms with Crippen LogP contribution < -0.4 is 10.1 Å². The second kappa shape index (κ2) is 6.12. The fourth-order valence-electron chi connectivity index (χ4n) is 2.38. The molecule has 4 heteroatoms. The van der Waals surface area contributed by atoms with Crippen molar-refractivity contribution in [2.75, 3.05) is 5.32 Å². The van der Waals surface area contributed by atoms with Crippen molar-refractivity contribution in [1.29, 1.82) is 0 Å². The van der Waals surface area contributed by atoms with Crippen LogP contribution in [0.3, 0.4) is 0 Å². The van der Waals surface area contributed by atoms with Gasteiger partial charge < -0.3 is 5.32 Å². The summed E-state index contributed by atoms with van der Waals surface area (Å²) in [6, 6.07) is 16.8. The van der Waals surface area contributed by atoms with E-state index in [1.165, 1.54) is 0 Å². The van der Waals surface area contributed by atoms with Crippen molar-refractivity contribution in [1.82, 2.24) is 0 Å². The van der Waals surface area contributed by atoms with Gasteiger partial charge in [-0.15, -0.1) is 0 Å². The maximum atomic E-state index is 12.4. The molecule has 0 aliphatic carbocycles. The first-order chi connectivity index (χ1) is 10.7. The molecule has 0 atom stereocenters. The normalized spacial score (nSPS) is 10.6. The van der Waals surface area contributed by atoms with Gasteiger partial charge in [0, 0.05) is 11.1 Å². The Kier molecular flexibility index (Phi) is 4.02. The number of hydrogen-bond acceptors (Lipinski definition) is 3. The van der Waals surface area contributed by atoms with E-state index < -0.39 is 0 Å². The van der Waals surface area contributed by atoms with E-state index in [-0.39, 0.29) is 10.6 Å². The molecule has 0 unspecified atom stereocenters. The van der Waals surface area contributed by atoms with E-state index in [1.807, 2.05) is 49.4 Å². The molecule has 3 nitrogen and oxygen atoms in total. The van der Waals surface area contributed by atoms with Crippen LogP contribution in [0.2, 0.25) is 0 Å². The van der Waals surface area contributed by atoms with Crippen molar-refractivity contribution in [3.63, 3.8) is 0 Å². The van der Waals surface area contributed by atoms with Crippen LogP contribution in [-0.4, -0.2) is 5.91 Å². The molecule has 1 amide bonds. The Morgan fingerprint density at radius 1 is 1.09 bits per heavy atom. The molecule has 0 saturated carbocycles. The Bertz CT molecular complexity index is 899. The highest BCUT2D eigenvalue weighted by molar-refractivity contribution is 7.12. The summed E-state index contributed by atoms with van der Waals surface area (Å²) in [7, 11) is 0. The second-order valence-corrected chi connectivity index (χ2v) is 5.96. The summed E-state index contributed by atoms with van der Waals surface area (Å²) in [5.74, 6) is -0.242. The van der Waals surface area contributed by atoms with Gasteiger partial charge in [-0.3, -0.25) is 9.59 Å². The fraction of sp³-hybridized carbons (Fsp3) is 0.111. The van der Waals surface area contributed by atoms with Crippen molar-refractivity contribution in [3.8, 4) is 0 Å². The third-order valence-electron chi connectivity index (χ3n) is 3.54. The van der Waals surface area contributed by atoms with Gasteiger partial charge in [0.05, 0.1) is 4.88 Å². The third kappa shape index (κ3) is 2.78. The number of amides is 1.